The van der Waals surface area contributed by atoms with Crippen LogP contribution in [-0.4, -0.2) is 39.3 Å². The van der Waals surface area contributed by atoms with Crippen LogP contribution in [0.3, 0.4) is 0 Å². The monoisotopic (exact) mass is 205 g/mol. The molecule has 1 fully saturated rings. The molecular formula is C8H15NO3S. The maximum Gasteiger partial charge on any atom is 0.323 e. The summed E-state index contributed by atoms with van der Waals surface area (Å²) in [4.78, 5) is 10.8. The van der Waals surface area contributed by atoms with Crippen molar-refractivity contribution in [2.75, 3.05) is 12.4 Å². The zero-order valence-electron chi connectivity index (χ0n) is 7.40. The van der Waals surface area contributed by atoms with E-state index in [1.54, 1.807) is 11.8 Å². The van der Waals surface area contributed by atoms with Crippen molar-refractivity contribution in [2.24, 2.45) is 5.73 Å². The van der Waals surface area contributed by atoms with Gasteiger partial charge >= 0.3 is 5.97 Å². The number of aliphatic hydroxyl groups is 1. The Morgan fingerprint density at radius 3 is 2.85 bits per heavy atom. The first-order chi connectivity index (χ1) is 6.08. The Morgan fingerprint density at radius 1 is 1.69 bits per heavy atom. The molecule has 0 amide bonds. The summed E-state index contributed by atoms with van der Waals surface area (Å²) in [5.74, 6) is -0.236. The van der Waals surface area contributed by atoms with Crippen molar-refractivity contribution in [3.05, 3.63) is 0 Å². The molecule has 0 saturated heterocycles. The van der Waals surface area contributed by atoms with Crippen LogP contribution in [-0.2, 0) is 4.79 Å². The number of carboxylic acid groups (broad SMARTS) is 1. The SMILES string of the molecule is NC1(C(=O)O)CCC(SCCO)C1. The average Bonchev–Trinajstić information content (AvgIpc) is 2.45. The molecule has 0 radical (unpaired) electrons. The van der Waals surface area contributed by atoms with Crippen molar-refractivity contribution in [2.45, 2.75) is 30.1 Å². The summed E-state index contributed by atoms with van der Waals surface area (Å²) in [6.45, 7) is 0.145. The summed E-state index contributed by atoms with van der Waals surface area (Å²) in [7, 11) is 0. The largest absolute Gasteiger partial charge is 0.480 e. The van der Waals surface area contributed by atoms with Crippen molar-refractivity contribution in [3.8, 4) is 0 Å². The molecule has 1 rings (SSSR count). The molecule has 0 bridgehead atoms. The number of aliphatic carboxylic acids is 1. The number of rotatable bonds is 4. The quantitative estimate of drug-likeness (QED) is 0.604. The lowest BCUT2D eigenvalue weighted by atomic mass is 10.0. The van der Waals surface area contributed by atoms with Gasteiger partial charge in [0.05, 0.1) is 6.61 Å². The molecule has 0 aliphatic heterocycles. The van der Waals surface area contributed by atoms with Gasteiger partial charge in [-0.2, -0.15) is 11.8 Å². The van der Waals surface area contributed by atoms with Gasteiger partial charge in [0.1, 0.15) is 5.54 Å². The highest BCUT2D eigenvalue weighted by Gasteiger charge is 2.41. The third kappa shape index (κ3) is 2.59. The molecule has 0 spiro atoms. The van der Waals surface area contributed by atoms with Crippen molar-refractivity contribution in [1.29, 1.82) is 0 Å². The van der Waals surface area contributed by atoms with E-state index in [4.69, 9.17) is 15.9 Å². The molecule has 0 aromatic carbocycles. The highest BCUT2D eigenvalue weighted by molar-refractivity contribution is 7.99. The van der Waals surface area contributed by atoms with Gasteiger partial charge in [-0.25, -0.2) is 0 Å². The summed E-state index contributed by atoms with van der Waals surface area (Å²) in [6, 6.07) is 0. The molecule has 4 N–H and O–H groups in total. The maximum atomic E-state index is 10.8. The van der Waals surface area contributed by atoms with Crippen molar-refractivity contribution in [3.63, 3.8) is 0 Å². The summed E-state index contributed by atoms with van der Waals surface area (Å²) in [5.41, 5.74) is 4.67. The summed E-state index contributed by atoms with van der Waals surface area (Å²) < 4.78 is 0. The molecule has 13 heavy (non-hydrogen) atoms. The predicted molar refractivity (Wildman–Crippen MR) is 51.7 cm³/mol. The highest BCUT2D eigenvalue weighted by atomic mass is 32.2. The number of hydrogen-bond donors (Lipinski definition) is 3. The predicted octanol–water partition coefficient (Wildman–Crippen LogP) is 0.0465. The van der Waals surface area contributed by atoms with E-state index in [0.29, 0.717) is 23.8 Å². The third-order valence-electron chi connectivity index (χ3n) is 2.38. The summed E-state index contributed by atoms with van der Waals surface area (Å²) in [6.07, 6.45) is 1.91. The minimum Gasteiger partial charge on any atom is -0.480 e. The van der Waals surface area contributed by atoms with Crippen molar-refractivity contribution in [1.82, 2.24) is 0 Å². The maximum absolute atomic E-state index is 10.8. The van der Waals surface area contributed by atoms with Gasteiger partial charge in [0.2, 0.25) is 0 Å². The van der Waals surface area contributed by atoms with Crippen LogP contribution in [0.2, 0.25) is 0 Å². The lowest BCUT2D eigenvalue weighted by Gasteiger charge is -2.17. The standard InChI is InChI=1S/C8H15NO3S/c9-8(7(11)12)2-1-6(5-8)13-4-3-10/h6,10H,1-5,9H2,(H,11,12). The topological polar surface area (TPSA) is 83.6 Å². The number of hydrogen-bond acceptors (Lipinski definition) is 4. The molecule has 4 nitrogen and oxygen atoms in total. The lowest BCUT2D eigenvalue weighted by Crippen LogP contribution is -2.45. The first-order valence-corrected chi connectivity index (χ1v) is 5.38. The minimum absolute atomic E-state index is 0.145. The fourth-order valence-electron chi connectivity index (χ4n) is 1.58. The highest BCUT2D eigenvalue weighted by Crippen LogP contribution is 2.35. The molecule has 1 aliphatic rings. The van der Waals surface area contributed by atoms with Gasteiger partial charge in [0.15, 0.2) is 0 Å². The average molecular weight is 205 g/mol. The zero-order valence-corrected chi connectivity index (χ0v) is 8.22. The molecule has 76 valence electrons. The van der Waals surface area contributed by atoms with Gasteiger partial charge in [-0.1, -0.05) is 0 Å². The van der Waals surface area contributed by atoms with Crippen LogP contribution < -0.4 is 5.73 Å². The molecule has 2 unspecified atom stereocenters. The van der Waals surface area contributed by atoms with Crippen LogP contribution >= 0.6 is 11.8 Å². The molecular weight excluding hydrogens is 190 g/mol. The van der Waals surface area contributed by atoms with Gasteiger partial charge in [0, 0.05) is 11.0 Å². The zero-order chi connectivity index (χ0) is 9.90. The second-order valence-corrected chi connectivity index (χ2v) is 4.83. The fourth-order valence-corrected chi connectivity index (χ4v) is 2.72. The van der Waals surface area contributed by atoms with E-state index in [1.807, 2.05) is 0 Å². The van der Waals surface area contributed by atoms with Gasteiger partial charge in [-0.3, -0.25) is 4.79 Å². The van der Waals surface area contributed by atoms with Crippen LogP contribution in [0.4, 0.5) is 0 Å². The Bertz CT molecular complexity index is 200. The minimum atomic E-state index is -1.02. The number of carboxylic acids is 1. The molecule has 0 aromatic rings. The van der Waals surface area contributed by atoms with E-state index in [9.17, 15) is 4.79 Å². The van der Waals surface area contributed by atoms with Crippen molar-refractivity contribution < 1.29 is 15.0 Å². The first-order valence-electron chi connectivity index (χ1n) is 4.33. The smallest absolute Gasteiger partial charge is 0.323 e. The summed E-state index contributed by atoms with van der Waals surface area (Å²) in [5, 5.41) is 17.7. The van der Waals surface area contributed by atoms with E-state index in [1.165, 1.54) is 0 Å². The Balaban J connectivity index is 2.39. The van der Waals surface area contributed by atoms with E-state index < -0.39 is 11.5 Å². The molecule has 0 aromatic heterocycles. The van der Waals surface area contributed by atoms with Crippen LogP contribution in [0.1, 0.15) is 19.3 Å². The number of aliphatic hydroxyl groups excluding tert-OH is 1. The van der Waals surface area contributed by atoms with E-state index in [0.717, 1.165) is 6.42 Å². The molecule has 0 heterocycles. The normalized spacial score (nSPS) is 33.5. The molecule has 1 aliphatic carbocycles. The fraction of sp³-hybridized carbons (Fsp3) is 0.875. The molecule has 1 saturated carbocycles. The first kappa shape index (κ1) is 10.8. The van der Waals surface area contributed by atoms with E-state index in [-0.39, 0.29) is 6.61 Å². The Kier molecular flexibility index (Phi) is 3.58. The Labute approximate surface area is 81.5 Å². The van der Waals surface area contributed by atoms with Gasteiger partial charge < -0.3 is 15.9 Å². The van der Waals surface area contributed by atoms with E-state index >= 15 is 0 Å². The second kappa shape index (κ2) is 4.30. The molecule has 5 heteroatoms. The van der Waals surface area contributed by atoms with Crippen LogP contribution in [0.5, 0.6) is 0 Å². The Hall–Kier alpha value is -0.260. The van der Waals surface area contributed by atoms with E-state index in [2.05, 4.69) is 0 Å². The van der Waals surface area contributed by atoms with Crippen LogP contribution in [0, 0.1) is 0 Å². The van der Waals surface area contributed by atoms with Gasteiger partial charge in [0.25, 0.3) is 0 Å². The van der Waals surface area contributed by atoms with Gasteiger partial charge in [-0.05, 0) is 19.3 Å². The Morgan fingerprint density at radius 2 is 2.38 bits per heavy atom. The number of nitrogens with two attached hydrogens (primary N) is 1. The molecule has 2 atom stereocenters. The summed E-state index contributed by atoms with van der Waals surface area (Å²) >= 11 is 1.61. The lowest BCUT2D eigenvalue weighted by molar-refractivity contribution is -0.143. The number of thioether (sulfide) groups is 1. The van der Waals surface area contributed by atoms with Gasteiger partial charge in [-0.15, -0.1) is 0 Å². The third-order valence-corrected chi connectivity index (χ3v) is 3.67. The van der Waals surface area contributed by atoms with Crippen LogP contribution in [0.25, 0.3) is 0 Å². The number of carbonyl (C=O) groups is 1. The van der Waals surface area contributed by atoms with Crippen LogP contribution in [0.15, 0.2) is 0 Å². The second-order valence-electron chi connectivity index (χ2n) is 3.42. The van der Waals surface area contributed by atoms with Crippen molar-refractivity contribution >= 4 is 17.7 Å².